The second-order valence-electron chi connectivity index (χ2n) is 5.81. The summed E-state index contributed by atoms with van der Waals surface area (Å²) >= 11 is 0. The number of amides is 1. The van der Waals surface area contributed by atoms with E-state index in [1.807, 2.05) is 4.90 Å². The zero-order valence-corrected chi connectivity index (χ0v) is 14.2. The summed E-state index contributed by atoms with van der Waals surface area (Å²) in [5, 5.41) is 3.31. The fourth-order valence-corrected chi connectivity index (χ4v) is 3.51. The summed E-state index contributed by atoms with van der Waals surface area (Å²) in [4.78, 5) is 14.8. The lowest BCUT2D eigenvalue weighted by atomic mass is 10.1. The molecular formula is C16H21ClF2N2O3. The van der Waals surface area contributed by atoms with Gasteiger partial charge in [-0.15, -0.1) is 12.4 Å². The van der Waals surface area contributed by atoms with Gasteiger partial charge in [0.2, 0.25) is 0 Å². The van der Waals surface area contributed by atoms with E-state index in [-0.39, 0.29) is 47.5 Å². The Kier molecular flexibility index (Phi) is 6.23. The number of rotatable bonds is 4. The maximum absolute atomic E-state index is 13.0. The van der Waals surface area contributed by atoms with Crippen molar-refractivity contribution < 1.29 is 23.0 Å². The van der Waals surface area contributed by atoms with E-state index in [1.54, 1.807) is 6.07 Å². The van der Waals surface area contributed by atoms with Crippen LogP contribution in [0.25, 0.3) is 0 Å². The molecule has 2 aliphatic heterocycles. The fraction of sp³-hybridized carbons (Fsp3) is 0.562. The van der Waals surface area contributed by atoms with Crippen LogP contribution in [0.15, 0.2) is 18.2 Å². The molecule has 1 amide bonds. The number of alkyl halides is 2. The normalized spacial score (nSPS) is 22.8. The summed E-state index contributed by atoms with van der Waals surface area (Å²) in [7, 11) is 1.36. The van der Waals surface area contributed by atoms with E-state index >= 15 is 0 Å². The molecule has 1 N–H and O–H groups in total. The molecule has 2 unspecified atom stereocenters. The molecule has 0 saturated carbocycles. The Balaban J connectivity index is 0.00000208. The summed E-state index contributed by atoms with van der Waals surface area (Å²) in [5.74, 6) is -0.321. The van der Waals surface area contributed by atoms with Gasteiger partial charge in [-0.3, -0.25) is 4.79 Å². The third-order valence-electron chi connectivity index (χ3n) is 4.52. The van der Waals surface area contributed by atoms with Gasteiger partial charge in [0.15, 0.2) is 11.5 Å². The molecule has 2 heterocycles. The third kappa shape index (κ3) is 3.57. The second kappa shape index (κ2) is 7.98. The average Bonchev–Trinajstić information content (AvgIpc) is 2.79. The van der Waals surface area contributed by atoms with Gasteiger partial charge in [0.1, 0.15) is 0 Å². The van der Waals surface area contributed by atoms with Crippen LogP contribution in [-0.2, 0) is 0 Å². The maximum atomic E-state index is 13.0. The number of fused-ring (bicyclic) bond motifs is 2. The Morgan fingerprint density at radius 3 is 2.75 bits per heavy atom. The van der Waals surface area contributed by atoms with Gasteiger partial charge in [-0.1, -0.05) is 6.07 Å². The first-order chi connectivity index (χ1) is 11.1. The van der Waals surface area contributed by atoms with E-state index in [0.717, 1.165) is 32.4 Å². The van der Waals surface area contributed by atoms with E-state index in [4.69, 9.17) is 4.74 Å². The number of hydrogen-bond acceptors (Lipinski definition) is 4. The van der Waals surface area contributed by atoms with Crippen molar-refractivity contribution in [3.05, 3.63) is 23.8 Å². The highest BCUT2D eigenvalue weighted by Crippen LogP contribution is 2.36. The quantitative estimate of drug-likeness (QED) is 0.894. The molecule has 24 heavy (non-hydrogen) atoms. The van der Waals surface area contributed by atoms with E-state index in [1.165, 1.54) is 19.2 Å². The van der Waals surface area contributed by atoms with Crippen LogP contribution in [0.2, 0.25) is 0 Å². The van der Waals surface area contributed by atoms with Gasteiger partial charge in [-0.05, 0) is 37.9 Å². The summed E-state index contributed by atoms with van der Waals surface area (Å²) in [6, 6.07) is 4.88. The van der Waals surface area contributed by atoms with Crippen LogP contribution in [0.1, 0.15) is 29.6 Å². The van der Waals surface area contributed by atoms with E-state index in [2.05, 4.69) is 10.1 Å². The minimum Gasteiger partial charge on any atom is -0.493 e. The lowest BCUT2D eigenvalue weighted by molar-refractivity contribution is -0.0517. The minimum atomic E-state index is -3.01. The number of nitrogens with one attached hydrogen (secondary N) is 1. The van der Waals surface area contributed by atoms with Gasteiger partial charge >= 0.3 is 6.61 Å². The molecule has 5 nitrogen and oxygen atoms in total. The Bertz CT molecular complexity index is 574. The average molecular weight is 363 g/mol. The number of nitrogens with zero attached hydrogens (tertiary/aromatic N) is 1. The molecule has 2 bridgehead atoms. The van der Waals surface area contributed by atoms with Crippen LogP contribution in [-0.4, -0.2) is 49.7 Å². The summed E-state index contributed by atoms with van der Waals surface area (Å²) in [6.07, 6.45) is 2.75. The predicted octanol–water partition coefficient (Wildman–Crippen LogP) is 2.68. The molecule has 2 saturated heterocycles. The van der Waals surface area contributed by atoms with E-state index in [9.17, 15) is 13.6 Å². The van der Waals surface area contributed by atoms with E-state index in [0.29, 0.717) is 0 Å². The second-order valence-corrected chi connectivity index (χ2v) is 5.81. The first kappa shape index (κ1) is 18.7. The predicted molar refractivity (Wildman–Crippen MR) is 87.3 cm³/mol. The lowest BCUT2D eigenvalue weighted by Gasteiger charge is -2.28. The number of methoxy groups -OCH3 is 1. The molecule has 134 valence electrons. The van der Waals surface area contributed by atoms with Crippen LogP contribution in [0, 0.1) is 0 Å². The molecule has 1 aromatic carbocycles. The minimum absolute atomic E-state index is 0. The molecule has 0 aliphatic carbocycles. The standard InChI is InChI=1S/C16H20F2N2O3.ClH/c1-22-13-4-2-3-12(14(13)23-16(17)18)15(21)20-10-5-6-11(20)9-19-8-7-10;/h2-4,10-11,16,19H,5-9H2,1H3;1H. The van der Waals surface area contributed by atoms with Crippen LogP contribution in [0.4, 0.5) is 8.78 Å². The van der Waals surface area contributed by atoms with Crippen LogP contribution < -0.4 is 14.8 Å². The van der Waals surface area contributed by atoms with Crippen molar-refractivity contribution in [1.82, 2.24) is 10.2 Å². The van der Waals surface area contributed by atoms with Gasteiger partial charge in [-0.25, -0.2) is 0 Å². The summed E-state index contributed by atoms with van der Waals surface area (Å²) < 4.78 is 35.1. The Hall–Kier alpha value is -1.60. The topological polar surface area (TPSA) is 50.8 Å². The largest absolute Gasteiger partial charge is 0.493 e. The molecule has 3 rings (SSSR count). The van der Waals surface area contributed by atoms with E-state index < -0.39 is 6.61 Å². The molecule has 8 heteroatoms. The number of ether oxygens (including phenoxy) is 2. The molecule has 2 aliphatic rings. The number of benzene rings is 1. The van der Waals surface area contributed by atoms with Crippen molar-refractivity contribution in [3.63, 3.8) is 0 Å². The van der Waals surface area contributed by atoms with Gasteiger partial charge in [0, 0.05) is 18.6 Å². The zero-order valence-electron chi connectivity index (χ0n) is 13.3. The number of hydrogen-bond donors (Lipinski definition) is 1. The third-order valence-corrected chi connectivity index (χ3v) is 4.52. The smallest absolute Gasteiger partial charge is 0.387 e. The van der Waals surface area contributed by atoms with Gasteiger partial charge in [0.05, 0.1) is 12.7 Å². The molecule has 0 aromatic heterocycles. The van der Waals surface area contributed by atoms with Gasteiger partial charge in [0.25, 0.3) is 5.91 Å². The highest BCUT2D eigenvalue weighted by atomic mass is 35.5. The summed E-state index contributed by atoms with van der Waals surface area (Å²) in [6.45, 7) is -1.42. The van der Waals surface area contributed by atoms with Crippen molar-refractivity contribution >= 4 is 18.3 Å². The maximum Gasteiger partial charge on any atom is 0.387 e. The monoisotopic (exact) mass is 362 g/mol. The summed E-state index contributed by atoms with van der Waals surface area (Å²) in [5.41, 5.74) is 0.128. The molecule has 2 atom stereocenters. The van der Waals surface area contributed by atoms with Crippen molar-refractivity contribution in [2.45, 2.75) is 38.0 Å². The van der Waals surface area contributed by atoms with Crippen molar-refractivity contribution in [2.24, 2.45) is 0 Å². The Morgan fingerprint density at radius 1 is 1.29 bits per heavy atom. The molecular weight excluding hydrogens is 342 g/mol. The number of para-hydroxylation sites is 1. The molecule has 0 radical (unpaired) electrons. The van der Waals surface area contributed by atoms with Gasteiger partial charge in [-0.2, -0.15) is 8.78 Å². The first-order valence-corrected chi connectivity index (χ1v) is 7.77. The van der Waals surface area contributed by atoms with Gasteiger partial charge < -0.3 is 19.7 Å². The molecule has 2 fully saturated rings. The highest BCUT2D eigenvalue weighted by molar-refractivity contribution is 5.98. The molecule has 0 spiro atoms. The number of carbonyl (C=O) groups is 1. The van der Waals surface area contributed by atoms with Crippen LogP contribution in [0.5, 0.6) is 11.5 Å². The van der Waals surface area contributed by atoms with Crippen LogP contribution in [0.3, 0.4) is 0 Å². The van der Waals surface area contributed by atoms with Crippen molar-refractivity contribution in [3.8, 4) is 11.5 Å². The Labute approximate surface area is 145 Å². The highest BCUT2D eigenvalue weighted by Gasteiger charge is 2.39. The Morgan fingerprint density at radius 2 is 2.04 bits per heavy atom. The SMILES string of the molecule is COc1cccc(C(=O)N2C3CCNCC2CC3)c1OC(F)F.Cl. The zero-order chi connectivity index (χ0) is 16.4. The first-order valence-electron chi connectivity index (χ1n) is 7.77. The lowest BCUT2D eigenvalue weighted by Crippen LogP contribution is -2.42. The van der Waals surface area contributed by atoms with Crippen LogP contribution >= 0.6 is 12.4 Å². The van der Waals surface area contributed by atoms with Crippen molar-refractivity contribution in [2.75, 3.05) is 20.2 Å². The molecule has 1 aromatic rings. The number of carbonyl (C=O) groups excluding carboxylic acids is 1. The number of halogens is 3. The fourth-order valence-electron chi connectivity index (χ4n) is 3.51. The van der Waals surface area contributed by atoms with Crippen molar-refractivity contribution in [1.29, 1.82) is 0 Å².